The average Bonchev–Trinajstić information content (AvgIpc) is 1.77. The van der Waals surface area contributed by atoms with Gasteiger partial charge >= 0.3 is 7.25 Å². The highest BCUT2D eigenvalue weighted by atomic mass is 19.5. The summed E-state index contributed by atoms with van der Waals surface area (Å²) >= 11 is 0. The van der Waals surface area contributed by atoms with Crippen LogP contribution in [-0.2, 0) is 0 Å². The number of benzene rings is 1. The molecule has 0 fully saturated rings. The molecule has 0 aliphatic heterocycles. The van der Waals surface area contributed by atoms with E-state index < -0.39 is 7.25 Å². The van der Waals surface area contributed by atoms with E-state index >= 15 is 0 Å². The molecule has 0 saturated carbocycles. The van der Waals surface area contributed by atoms with Gasteiger partial charge in [-0.05, 0) is 20.8 Å². The Labute approximate surface area is 81.0 Å². The monoisotopic (exact) mass is 207 g/mol. The smallest absolute Gasteiger partial charge is 0.418 e. The van der Waals surface area contributed by atoms with Crippen molar-refractivity contribution in [3.8, 4) is 0 Å². The first-order valence-corrected chi connectivity index (χ1v) is 4.10. The normalized spacial score (nSPS) is 10.5. The quantitative estimate of drug-likeness (QED) is 0.446. The molecule has 0 bridgehead atoms. The van der Waals surface area contributed by atoms with Gasteiger partial charge in [-0.2, -0.15) is 0 Å². The van der Waals surface area contributed by atoms with Crippen LogP contribution in [0.5, 0.6) is 0 Å². The van der Waals surface area contributed by atoms with Gasteiger partial charge in [0.25, 0.3) is 0 Å². The maximum atomic E-state index is 9.75. The number of rotatable bonds is 0. The van der Waals surface area contributed by atoms with Gasteiger partial charge < -0.3 is 17.3 Å². The van der Waals surface area contributed by atoms with Gasteiger partial charge in [0, 0.05) is 0 Å². The molecule has 0 atom stereocenters. The molecular weight excluding hydrogens is 195 g/mol. The predicted molar refractivity (Wildman–Crippen MR) is 50.8 cm³/mol. The lowest BCUT2D eigenvalue weighted by atomic mass is 10.1. The minimum Gasteiger partial charge on any atom is -0.418 e. The molecule has 0 unspecified atom stereocenters. The number of halogens is 4. The van der Waals surface area contributed by atoms with E-state index in [4.69, 9.17) is 0 Å². The van der Waals surface area contributed by atoms with Crippen LogP contribution in [0.3, 0.4) is 0 Å². The summed E-state index contributed by atoms with van der Waals surface area (Å²) in [5, 5.41) is 0. The van der Waals surface area contributed by atoms with E-state index in [0.717, 1.165) is 0 Å². The lowest BCUT2D eigenvalue weighted by Gasteiger charge is -1.96. The Balaban J connectivity index is 0.000000292. The minimum atomic E-state index is -6.00. The van der Waals surface area contributed by atoms with Gasteiger partial charge in [-0.25, -0.2) is 0 Å². The zero-order valence-electron chi connectivity index (χ0n) is 8.32. The fourth-order valence-electron chi connectivity index (χ4n) is 1.20. The lowest BCUT2D eigenvalue weighted by Crippen LogP contribution is -2.02. The Morgan fingerprint density at radius 2 is 0.857 bits per heavy atom. The van der Waals surface area contributed by atoms with Crippen molar-refractivity contribution < 1.29 is 17.3 Å². The Kier molecular flexibility index (Phi) is 4.67. The largest absolute Gasteiger partial charge is 0.673 e. The molecule has 14 heavy (non-hydrogen) atoms. The molecule has 0 radical (unpaired) electrons. The van der Waals surface area contributed by atoms with E-state index in [1.807, 2.05) is 0 Å². The minimum absolute atomic E-state index is 1.35. The third-order valence-corrected chi connectivity index (χ3v) is 1.37. The van der Waals surface area contributed by atoms with Crippen LogP contribution in [0.1, 0.15) is 16.7 Å². The summed E-state index contributed by atoms with van der Waals surface area (Å²) in [6.07, 6.45) is 0. The molecule has 0 heterocycles. The summed E-state index contributed by atoms with van der Waals surface area (Å²) in [7, 11) is -6.00. The van der Waals surface area contributed by atoms with E-state index in [2.05, 4.69) is 39.0 Å². The highest BCUT2D eigenvalue weighted by Crippen LogP contribution is 2.07. The summed E-state index contributed by atoms with van der Waals surface area (Å²) < 4.78 is 39.0. The fourth-order valence-corrected chi connectivity index (χ4v) is 1.20. The maximum absolute atomic E-state index is 9.75. The van der Waals surface area contributed by atoms with Crippen molar-refractivity contribution in [2.45, 2.75) is 20.8 Å². The third kappa shape index (κ3) is 9.10. The molecule has 80 valence electrons. The predicted octanol–water partition coefficient (Wildman–Crippen LogP) is 3.91. The summed E-state index contributed by atoms with van der Waals surface area (Å²) in [6, 6.07) is 6.56. The van der Waals surface area contributed by atoms with Crippen molar-refractivity contribution in [2.24, 2.45) is 0 Å². The first kappa shape index (κ1) is 13.0. The topological polar surface area (TPSA) is 0 Å². The second kappa shape index (κ2) is 5.03. The van der Waals surface area contributed by atoms with E-state index in [-0.39, 0.29) is 0 Å². The molecule has 1 aromatic carbocycles. The van der Waals surface area contributed by atoms with Crippen molar-refractivity contribution in [3.05, 3.63) is 34.9 Å². The zero-order valence-corrected chi connectivity index (χ0v) is 8.32. The highest BCUT2D eigenvalue weighted by molar-refractivity contribution is 6.50. The standard InChI is InChI=1S/C9H12.BF4/c1-7-4-8(2)6-9(3)5-7;2-1(3,4)5/h4-6H,1-3H3;/q;-1. The van der Waals surface area contributed by atoms with Gasteiger partial charge in [0.05, 0.1) is 0 Å². The molecule has 0 spiro atoms. The summed E-state index contributed by atoms with van der Waals surface area (Å²) in [5.41, 5.74) is 4.06. The molecule has 0 saturated heterocycles. The van der Waals surface area contributed by atoms with Gasteiger partial charge in [-0.1, -0.05) is 34.9 Å². The van der Waals surface area contributed by atoms with Crippen LogP contribution >= 0.6 is 0 Å². The van der Waals surface area contributed by atoms with Crippen molar-refractivity contribution in [1.29, 1.82) is 0 Å². The first-order valence-electron chi connectivity index (χ1n) is 4.10. The SMILES string of the molecule is Cc1cc(C)cc(C)c1.F[B-](F)(F)F. The molecule has 0 aliphatic carbocycles. The molecule has 0 aromatic heterocycles. The van der Waals surface area contributed by atoms with Crippen molar-refractivity contribution in [2.75, 3.05) is 0 Å². The van der Waals surface area contributed by atoms with Crippen LogP contribution in [0.25, 0.3) is 0 Å². The van der Waals surface area contributed by atoms with Gasteiger partial charge in [-0.15, -0.1) is 0 Å². The van der Waals surface area contributed by atoms with E-state index in [9.17, 15) is 17.3 Å². The number of hydrogen-bond donors (Lipinski definition) is 0. The Hall–Kier alpha value is -0.995. The van der Waals surface area contributed by atoms with E-state index in [1.54, 1.807) is 0 Å². The van der Waals surface area contributed by atoms with Gasteiger partial charge in [0.1, 0.15) is 0 Å². The number of aryl methyl sites for hydroxylation is 3. The second-order valence-electron chi connectivity index (χ2n) is 3.16. The molecule has 0 amide bonds. The summed E-state index contributed by atoms with van der Waals surface area (Å²) in [6.45, 7) is 6.38. The van der Waals surface area contributed by atoms with E-state index in [0.29, 0.717) is 0 Å². The van der Waals surface area contributed by atoms with Gasteiger partial charge in [0.15, 0.2) is 0 Å². The van der Waals surface area contributed by atoms with Crippen molar-refractivity contribution in [3.63, 3.8) is 0 Å². The zero-order chi connectivity index (χ0) is 11.4. The van der Waals surface area contributed by atoms with Crippen LogP contribution < -0.4 is 0 Å². The number of hydrogen-bond acceptors (Lipinski definition) is 0. The van der Waals surface area contributed by atoms with Crippen LogP contribution in [0.15, 0.2) is 18.2 Å². The van der Waals surface area contributed by atoms with Crippen LogP contribution in [0.2, 0.25) is 0 Å². The highest BCUT2D eigenvalue weighted by Gasteiger charge is 2.20. The van der Waals surface area contributed by atoms with Gasteiger partial charge in [0.2, 0.25) is 0 Å². The Bertz CT molecular complexity index is 237. The van der Waals surface area contributed by atoms with Crippen molar-refractivity contribution in [1.82, 2.24) is 0 Å². The molecule has 0 N–H and O–H groups in total. The summed E-state index contributed by atoms with van der Waals surface area (Å²) in [4.78, 5) is 0. The molecule has 0 nitrogen and oxygen atoms in total. The van der Waals surface area contributed by atoms with Crippen molar-refractivity contribution >= 4 is 7.25 Å². The Morgan fingerprint density at radius 3 is 1.00 bits per heavy atom. The molecule has 1 aromatic rings. The third-order valence-electron chi connectivity index (χ3n) is 1.37. The van der Waals surface area contributed by atoms with Gasteiger partial charge in [-0.3, -0.25) is 0 Å². The molecule has 1 rings (SSSR count). The van der Waals surface area contributed by atoms with Crippen LogP contribution in [0, 0.1) is 20.8 Å². The molecular formula is C9H12BF4-. The van der Waals surface area contributed by atoms with E-state index in [1.165, 1.54) is 16.7 Å². The fraction of sp³-hybridized carbons (Fsp3) is 0.333. The second-order valence-corrected chi connectivity index (χ2v) is 3.16. The van der Waals surface area contributed by atoms with Crippen LogP contribution in [0.4, 0.5) is 17.3 Å². The first-order chi connectivity index (χ1) is 6.18. The summed E-state index contributed by atoms with van der Waals surface area (Å²) in [5.74, 6) is 0. The Morgan fingerprint density at radius 1 is 0.714 bits per heavy atom. The lowest BCUT2D eigenvalue weighted by molar-refractivity contribution is 0.368. The van der Waals surface area contributed by atoms with Crippen LogP contribution in [-0.4, -0.2) is 7.25 Å². The average molecular weight is 207 g/mol. The molecule has 5 heteroatoms. The molecule has 0 aliphatic rings. The maximum Gasteiger partial charge on any atom is 0.673 e.